The zero-order chi connectivity index (χ0) is 11.3. The number of halogens is 1. The lowest BCUT2D eigenvalue weighted by Crippen LogP contribution is -2.08. The number of unbranched alkanes of at least 4 members (excludes halogenated alkanes) is 1. The molecule has 0 bridgehead atoms. The van der Waals surface area contributed by atoms with E-state index in [1.54, 1.807) is 0 Å². The van der Waals surface area contributed by atoms with E-state index < -0.39 is 0 Å². The number of hydrogen-bond acceptors (Lipinski definition) is 0. The molecule has 0 aliphatic heterocycles. The second-order valence-corrected chi connectivity index (χ2v) is 6.11. The van der Waals surface area contributed by atoms with Gasteiger partial charge in [-0.3, -0.25) is 0 Å². The molecular formula is C14H27Cl. The Morgan fingerprint density at radius 2 is 1.73 bits per heavy atom. The van der Waals surface area contributed by atoms with Gasteiger partial charge in [0.2, 0.25) is 0 Å². The predicted molar refractivity (Wildman–Crippen MR) is 69.5 cm³/mol. The molecule has 90 valence electrons. The normalized spacial score (nSPS) is 20.6. The Bertz CT molecular complexity index is 161. The van der Waals surface area contributed by atoms with E-state index in [1.807, 2.05) is 0 Å². The van der Waals surface area contributed by atoms with Gasteiger partial charge in [0.05, 0.1) is 0 Å². The molecule has 1 rings (SSSR count). The highest BCUT2D eigenvalue weighted by atomic mass is 35.5. The SMILES string of the molecule is CCC(CCCCC(Cl)C(C)C)C1CC1. The van der Waals surface area contributed by atoms with Crippen LogP contribution in [-0.4, -0.2) is 5.38 Å². The maximum atomic E-state index is 6.24. The molecule has 2 unspecified atom stereocenters. The van der Waals surface area contributed by atoms with Crippen LogP contribution in [0.15, 0.2) is 0 Å². The molecule has 15 heavy (non-hydrogen) atoms. The van der Waals surface area contributed by atoms with Crippen LogP contribution in [0.2, 0.25) is 0 Å². The predicted octanol–water partition coefficient (Wildman–Crippen LogP) is 5.25. The third-order valence-electron chi connectivity index (χ3n) is 3.84. The van der Waals surface area contributed by atoms with Gasteiger partial charge in [-0.25, -0.2) is 0 Å². The average Bonchev–Trinajstić information content (AvgIpc) is 3.01. The summed E-state index contributed by atoms with van der Waals surface area (Å²) in [6.07, 6.45) is 9.77. The van der Waals surface area contributed by atoms with Gasteiger partial charge < -0.3 is 0 Å². The van der Waals surface area contributed by atoms with Crippen LogP contribution >= 0.6 is 11.6 Å². The summed E-state index contributed by atoms with van der Waals surface area (Å²) in [5.74, 6) is 2.75. The summed E-state index contributed by atoms with van der Waals surface area (Å²) in [6, 6.07) is 0. The smallest absolute Gasteiger partial charge is 0.0359 e. The molecule has 1 fully saturated rings. The average molecular weight is 231 g/mol. The molecule has 0 N–H and O–H groups in total. The van der Waals surface area contributed by atoms with Gasteiger partial charge in [-0.15, -0.1) is 11.6 Å². The minimum Gasteiger partial charge on any atom is -0.123 e. The molecule has 0 aromatic rings. The molecule has 1 heteroatoms. The van der Waals surface area contributed by atoms with E-state index in [9.17, 15) is 0 Å². The zero-order valence-corrected chi connectivity index (χ0v) is 11.4. The van der Waals surface area contributed by atoms with Gasteiger partial charge in [0.25, 0.3) is 0 Å². The summed E-state index contributed by atoms with van der Waals surface area (Å²) in [5, 5.41) is 0.394. The van der Waals surface area contributed by atoms with Crippen molar-refractivity contribution in [2.24, 2.45) is 17.8 Å². The van der Waals surface area contributed by atoms with Gasteiger partial charge in [-0.1, -0.05) is 46.5 Å². The van der Waals surface area contributed by atoms with Crippen LogP contribution in [0.25, 0.3) is 0 Å². The van der Waals surface area contributed by atoms with Gasteiger partial charge in [0.15, 0.2) is 0 Å². The van der Waals surface area contributed by atoms with Crippen molar-refractivity contribution in [2.75, 3.05) is 0 Å². The molecule has 0 aromatic heterocycles. The van der Waals surface area contributed by atoms with E-state index in [0.717, 1.165) is 11.8 Å². The first-order valence-electron chi connectivity index (χ1n) is 6.79. The zero-order valence-electron chi connectivity index (χ0n) is 10.6. The largest absolute Gasteiger partial charge is 0.123 e. The first-order chi connectivity index (χ1) is 7.15. The lowest BCUT2D eigenvalue weighted by molar-refractivity contribution is 0.390. The number of alkyl halides is 1. The minimum atomic E-state index is 0.394. The summed E-state index contributed by atoms with van der Waals surface area (Å²) in [7, 11) is 0. The minimum absolute atomic E-state index is 0.394. The van der Waals surface area contributed by atoms with E-state index in [1.165, 1.54) is 44.9 Å². The first kappa shape index (κ1) is 13.4. The van der Waals surface area contributed by atoms with Gasteiger partial charge in [-0.2, -0.15) is 0 Å². The van der Waals surface area contributed by atoms with Crippen LogP contribution < -0.4 is 0 Å². The van der Waals surface area contributed by atoms with Crippen LogP contribution in [0.3, 0.4) is 0 Å². The quantitative estimate of drug-likeness (QED) is 0.395. The third-order valence-corrected chi connectivity index (χ3v) is 4.56. The molecule has 0 amide bonds. The molecular weight excluding hydrogens is 204 g/mol. The van der Waals surface area contributed by atoms with E-state index in [2.05, 4.69) is 20.8 Å². The van der Waals surface area contributed by atoms with Crippen molar-refractivity contribution in [1.29, 1.82) is 0 Å². The summed E-state index contributed by atoms with van der Waals surface area (Å²) in [5.41, 5.74) is 0. The van der Waals surface area contributed by atoms with Crippen molar-refractivity contribution in [3.63, 3.8) is 0 Å². The molecule has 0 saturated heterocycles. The molecule has 2 atom stereocenters. The Morgan fingerprint density at radius 1 is 1.13 bits per heavy atom. The summed E-state index contributed by atoms with van der Waals surface area (Å²) in [4.78, 5) is 0. The summed E-state index contributed by atoms with van der Waals surface area (Å²) >= 11 is 6.24. The fourth-order valence-corrected chi connectivity index (χ4v) is 2.57. The maximum absolute atomic E-state index is 6.24. The highest BCUT2D eigenvalue weighted by molar-refractivity contribution is 6.20. The van der Waals surface area contributed by atoms with Crippen LogP contribution in [0, 0.1) is 17.8 Å². The van der Waals surface area contributed by atoms with Gasteiger partial charge in [-0.05, 0) is 37.0 Å². The first-order valence-corrected chi connectivity index (χ1v) is 7.22. The molecule has 1 saturated carbocycles. The van der Waals surface area contributed by atoms with Crippen molar-refractivity contribution < 1.29 is 0 Å². The van der Waals surface area contributed by atoms with Crippen LogP contribution in [0.1, 0.15) is 65.7 Å². The topological polar surface area (TPSA) is 0 Å². The molecule has 1 aliphatic rings. The van der Waals surface area contributed by atoms with E-state index in [0.29, 0.717) is 11.3 Å². The van der Waals surface area contributed by atoms with E-state index in [4.69, 9.17) is 11.6 Å². The second kappa shape index (κ2) is 6.78. The highest BCUT2D eigenvalue weighted by Gasteiger charge is 2.29. The second-order valence-electron chi connectivity index (χ2n) is 5.55. The van der Waals surface area contributed by atoms with Crippen LogP contribution in [0.5, 0.6) is 0 Å². The number of rotatable bonds is 8. The molecule has 1 aliphatic carbocycles. The Hall–Kier alpha value is 0.290. The Kier molecular flexibility index (Phi) is 6.04. The lowest BCUT2D eigenvalue weighted by Gasteiger charge is -2.15. The molecule has 0 spiro atoms. The molecule has 0 radical (unpaired) electrons. The fourth-order valence-electron chi connectivity index (χ4n) is 2.42. The van der Waals surface area contributed by atoms with Gasteiger partial charge in [0.1, 0.15) is 0 Å². The Balaban J connectivity index is 2.00. The summed E-state index contributed by atoms with van der Waals surface area (Å²) < 4.78 is 0. The standard InChI is InChI=1S/C14H27Cl/c1-4-12(13-9-10-13)7-5-6-8-14(15)11(2)3/h11-14H,4-10H2,1-3H3. The van der Waals surface area contributed by atoms with Crippen LogP contribution in [0.4, 0.5) is 0 Å². The van der Waals surface area contributed by atoms with E-state index >= 15 is 0 Å². The third kappa shape index (κ3) is 5.24. The number of hydrogen-bond donors (Lipinski definition) is 0. The maximum Gasteiger partial charge on any atom is 0.0359 e. The van der Waals surface area contributed by atoms with Crippen molar-refractivity contribution in [3.05, 3.63) is 0 Å². The molecule has 0 nitrogen and oxygen atoms in total. The van der Waals surface area contributed by atoms with E-state index in [-0.39, 0.29) is 0 Å². The van der Waals surface area contributed by atoms with Gasteiger partial charge in [0, 0.05) is 5.38 Å². The van der Waals surface area contributed by atoms with Crippen LogP contribution in [-0.2, 0) is 0 Å². The van der Waals surface area contributed by atoms with Crippen molar-refractivity contribution >= 4 is 11.6 Å². The summed E-state index contributed by atoms with van der Waals surface area (Å²) in [6.45, 7) is 6.79. The molecule has 0 aromatic carbocycles. The van der Waals surface area contributed by atoms with Gasteiger partial charge >= 0.3 is 0 Å². The Labute approximate surface area is 101 Å². The van der Waals surface area contributed by atoms with Crippen molar-refractivity contribution in [2.45, 2.75) is 71.1 Å². The molecule has 0 heterocycles. The lowest BCUT2D eigenvalue weighted by atomic mass is 9.93. The van der Waals surface area contributed by atoms with Crippen molar-refractivity contribution in [1.82, 2.24) is 0 Å². The monoisotopic (exact) mass is 230 g/mol. The van der Waals surface area contributed by atoms with Crippen molar-refractivity contribution in [3.8, 4) is 0 Å². The Morgan fingerprint density at radius 3 is 2.20 bits per heavy atom. The fraction of sp³-hybridized carbons (Fsp3) is 1.00. The highest BCUT2D eigenvalue weighted by Crippen LogP contribution is 2.40.